The lowest BCUT2D eigenvalue weighted by molar-refractivity contribution is -0.122. The molecule has 6 nitrogen and oxygen atoms in total. The number of nitrogens with one attached hydrogen (secondary N) is 1. The summed E-state index contributed by atoms with van der Waals surface area (Å²) < 4.78 is 31.9. The zero-order valence-electron chi connectivity index (χ0n) is 18.1. The van der Waals surface area contributed by atoms with Crippen LogP contribution < -0.4 is 14.4 Å². The van der Waals surface area contributed by atoms with Crippen molar-refractivity contribution in [2.45, 2.75) is 39.2 Å². The summed E-state index contributed by atoms with van der Waals surface area (Å²) in [5, 5.41) is 3.28. The van der Waals surface area contributed by atoms with Crippen molar-refractivity contribution in [3.8, 4) is 5.75 Å². The molecule has 2 rings (SSSR count). The van der Waals surface area contributed by atoms with Crippen LogP contribution in [-0.2, 0) is 14.8 Å². The van der Waals surface area contributed by atoms with Crippen molar-refractivity contribution in [1.82, 2.24) is 5.32 Å². The molecular formula is C22H28Cl2N2O4S. The topological polar surface area (TPSA) is 75.7 Å². The van der Waals surface area contributed by atoms with Crippen molar-refractivity contribution in [2.24, 2.45) is 0 Å². The second kappa shape index (κ2) is 11.1. The fourth-order valence-electron chi connectivity index (χ4n) is 3.22. The number of carbonyl (C=O) groups excluding carboxylic acids is 1. The molecular weight excluding hydrogens is 459 g/mol. The van der Waals surface area contributed by atoms with Crippen LogP contribution in [0.5, 0.6) is 5.75 Å². The van der Waals surface area contributed by atoms with E-state index >= 15 is 0 Å². The summed E-state index contributed by atoms with van der Waals surface area (Å²) in [6.07, 6.45) is 1.33. The molecule has 1 unspecified atom stereocenters. The van der Waals surface area contributed by atoms with Gasteiger partial charge in [-0.15, -0.1) is 0 Å². The van der Waals surface area contributed by atoms with E-state index in [0.29, 0.717) is 10.9 Å². The molecule has 31 heavy (non-hydrogen) atoms. The monoisotopic (exact) mass is 486 g/mol. The number of hydrogen-bond acceptors (Lipinski definition) is 4. The third-order valence-corrected chi connectivity index (χ3v) is 6.61. The van der Waals surface area contributed by atoms with Crippen molar-refractivity contribution >= 4 is 44.8 Å². The highest BCUT2D eigenvalue weighted by atomic mass is 35.5. The minimum absolute atomic E-state index is 0.209. The van der Waals surface area contributed by atoms with Gasteiger partial charge in [-0.2, -0.15) is 0 Å². The van der Waals surface area contributed by atoms with E-state index in [0.717, 1.165) is 21.9 Å². The summed E-state index contributed by atoms with van der Waals surface area (Å²) in [5.74, 6) is 0.664. The van der Waals surface area contributed by atoms with Crippen molar-refractivity contribution < 1.29 is 17.9 Å². The Kier molecular flexibility index (Phi) is 9.03. The highest BCUT2D eigenvalue weighted by Crippen LogP contribution is 2.30. The number of para-hydroxylation sites is 1. The summed E-state index contributed by atoms with van der Waals surface area (Å²) >= 11 is 12.0. The Balaban J connectivity index is 2.09. The summed E-state index contributed by atoms with van der Waals surface area (Å²) in [6, 6.07) is 11.3. The lowest BCUT2D eigenvalue weighted by Gasteiger charge is -2.30. The zero-order valence-corrected chi connectivity index (χ0v) is 20.4. The summed E-state index contributed by atoms with van der Waals surface area (Å²) in [4.78, 5) is 12.8. The van der Waals surface area contributed by atoms with Gasteiger partial charge in [0.1, 0.15) is 18.4 Å². The number of sulfonamides is 1. The number of anilines is 1. The molecule has 0 radical (unpaired) electrons. The van der Waals surface area contributed by atoms with Crippen LogP contribution in [0.4, 0.5) is 5.69 Å². The van der Waals surface area contributed by atoms with Gasteiger partial charge in [-0.1, -0.05) is 62.2 Å². The van der Waals surface area contributed by atoms with E-state index in [1.807, 2.05) is 24.3 Å². The first-order valence-electron chi connectivity index (χ1n) is 10.00. The van der Waals surface area contributed by atoms with Gasteiger partial charge in [0.05, 0.1) is 28.5 Å². The lowest BCUT2D eigenvalue weighted by Crippen LogP contribution is -2.50. The maximum absolute atomic E-state index is 12.8. The Hall–Kier alpha value is -1.96. The first-order chi connectivity index (χ1) is 14.6. The fraction of sp³-hybridized carbons (Fsp3) is 0.409. The minimum atomic E-state index is -3.75. The molecule has 0 bridgehead atoms. The Bertz CT molecular complexity index is 1010. The maximum Gasteiger partial charge on any atom is 0.244 e. The minimum Gasteiger partial charge on any atom is -0.491 e. The summed E-state index contributed by atoms with van der Waals surface area (Å²) in [7, 11) is -3.75. The van der Waals surface area contributed by atoms with Gasteiger partial charge in [0.2, 0.25) is 15.9 Å². The van der Waals surface area contributed by atoms with Gasteiger partial charge >= 0.3 is 0 Å². The number of nitrogens with zero attached hydrogens (tertiary/aromatic N) is 1. The van der Waals surface area contributed by atoms with Gasteiger partial charge in [0, 0.05) is 0 Å². The summed E-state index contributed by atoms with van der Waals surface area (Å²) in [6.45, 7) is 6.41. The van der Waals surface area contributed by atoms with Crippen LogP contribution in [0.3, 0.4) is 0 Å². The molecule has 2 aromatic carbocycles. The van der Waals surface area contributed by atoms with Gasteiger partial charge in [-0.25, -0.2) is 8.42 Å². The van der Waals surface area contributed by atoms with Crippen molar-refractivity contribution in [2.75, 3.05) is 23.7 Å². The number of amides is 1. The third kappa shape index (κ3) is 6.76. The standard InChI is InChI=1S/C22H28Cl2N2O4S/c1-5-20(26(31(4,28)29)16-10-11-18(23)19(24)14-16)22(27)25-12-13-30-21-9-7-6-8-17(21)15(2)3/h6-11,14-15,20H,5,12-13H2,1-4H3,(H,25,27). The molecule has 0 saturated heterocycles. The molecule has 0 heterocycles. The number of halogens is 2. The molecule has 0 aliphatic carbocycles. The second-order valence-corrected chi connectivity index (χ2v) is 10.1. The lowest BCUT2D eigenvalue weighted by atomic mass is 10.0. The van der Waals surface area contributed by atoms with Crippen LogP contribution in [0.25, 0.3) is 0 Å². The van der Waals surface area contributed by atoms with E-state index in [9.17, 15) is 13.2 Å². The predicted molar refractivity (Wildman–Crippen MR) is 127 cm³/mol. The van der Waals surface area contributed by atoms with Crippen LogP contribution >= 0.6 is 23.2 Å². The Morgan fingerprint density at radius 2 is 1.81 bits per heavy atom. The van der Waals surface area contributed by atoms with Crippen molar-refractivity contribution in [3.63, 3.8) is 0 Å². The van der Waals surface area contributed by atoms with Crippen LogP contribution in [0.2, 0.25) is 10.0 Å². The van der Waals surface area contributed by atoms with Gasteiger partial charge in [-0.3, -0.25) is 9.10 Å². The van der Waals surface area contributed by atoms with Gasteiger partial charge in [0.25, 0.3) is 0 Å². The molecule has 0 fully saturated rings. The number of benzene rings is 2. The van der Waals surface area contributed by atoms with E-state index in [1.54, 1.807) is 6.92 Å². The van der Waals surface area contributed by atoms with E-state index in [-0.39, 0.29) is 30.3 Å². The molecule has 9 heteroatoms. The first-order valence-corrected chi connectivity index (χ1v) is 12.6. The average molecular weight is 487 g/mol. The van der Waals surface area contributed by atoms with Crippen LogP contribution in [0.15, 0.2) is 42.5 Å². The molecule has 0 spiro atoms. The smallest absolute Gasteiger partial charge is 0.244 e. The zero-order chi connectivity index (χ0) is 23.2. The molecule has 2 aromatic rings. The number of carbonyl (C=O) groups is 1. The second-order valence-electron chi connectivity index (χ2n) is 7.41. The van der Waals surface area contributed by atoms with Gasteiger partial charge in [0.15, 0.2) is 0 Å². The molecule has 0 saturated carbocycles. The highest BCUT2D eigenvalue weighted by Gasteiger charge is 2.31. The van der Waals surface area contributed by atoms with E-state index < -0.39 is 22.0 Å². The molecule has 1 atom stereocenters. The van der Waals surface area contributed by atoms with Crippen molar-refractivity contribution in [3.05, 3.63) is 58.1 Å². The van der Waals surface area contributed by atoms with Crippen LogP contribution in [0, 0.1) is 0 Å². The molecule has 0 aliphatic rings. The van der Waals surface area contributed by atoms with Gasteiger partial charge < -0.3 is 10.1 Å². The number of hydrogen-bond donors (Lipinski definition) is 1. The average Bonchev–Trinajstić information content (AvgIpc) is 2.70. The summed E-state index contributed by atoms with van der Waals surface area (Å²) in [5.41, 5.74) is 1.36. The van der Waals surface area contributed by atoms with E-state index in [2.05, 4.69) is 19.2 Å². The quantitative estimate of drug-likeness (QED) is 0.486. The Morgan fingerprint density at radius 1 is 1.13 bits per heavy atom. The van der Waals surface area contributed by atoms with Gasteiger partial charge in [-0.05, 0) is 42.2 Å². The fourth-order valence-corrected chi connectivity index (χ4v) is 4.72. The molecule has 1 N–H and O–H groups in total. The maximum atomic E-state index is 12.8. The largest absolute Gasteiger partial charge is 0.491 e. The molecule has 1 amide bonds. The number of rotatable bonds is 10. The van der Waals surface area contributed by atoms with E-state index in [4.69, 9.17) is 27.9 Å². The third-order valence-electron chi connectivity index (χ3n) is 4.69. The molecule has 0 aliphatic heterocycles. The normalized spacial score (nSPS) is 12.5. The Morgan fingerprint density at radius 3 is 2.39 bits per heavy atom. The Labute approximate surface area is 194 Å². The number of ether oxygens (including phenoxy) is 1. The predicted octanol–water partition coefficient (Wildman–Crippen LogP) is 4.86. The van der Waals surface area contributed by atoms with Crippen molar-refractivity contribution in [1.29, 1.82) is 0 Å². The highest BCUT2D eigenvalue weighted by molar-refractivity contribution is 7.92. The molecule has 0 aromatic heterocycles. The first kappa shape index (κ1) is 25.3. The SMILES string of the molecule is CCC(C(=O)NCCOc1ccccc1C(C)C)N(c1ccc(Cl)c(Cl)c1)S(C)(=O)=O. The van der Waals surface area contributed by atoms with Crippen LogP contribution in [-0.4, -0.2) is 39.8 Å². The van der Waals surface area contributed by atoms with Crippen LogP contribution in [0.1, 0.15) is 38.7 Å². The van der Waals surface area contributed by atoms with E-state index in [1.165, 1.54) is 18.2 Å². The molecule has 170 valence electrons.